The van der Waals surface area contributed by atoms with Crippen molar-refractivity contribution in [2.75, 3.05) is 27.3 Å². The van der Waals surface area contributed by atoms with Crippen LogP contribution in [0, 0.1) is 11.6 Å². The Labute approximate surface area is 189 Å². The molecule has 0 unspecified atom stereocenters. The van der Waals surface area contributed by atoms with Gasteiger partial charge >= 0.3 is 6.03 Å². The zero-order chi connectivity index (χ0) is 23.9. The normalized spacial score (nSPS) is 19.9. The number of rotatable bonds is 5. The van der Waals surface area contributed by atoms with E-state index >= 15 is 0 Å². The van der Waals surface area contributed by atoms with Crippen molar-refractivity contribution in [3.63, 3.8) is 0 Å². The predicted molar refractivity (Wildman–Crippen MR) is 113 cm³/mol. The Hall–Kier alpha value is -3.69. The topological polar surface area (TPSA) is 88.2 Å². The van der Waals surface area contributed by atoms with Crippen LogP contribution < -0.4 is 14.8 Å². The van der Waals surface area contributed by atoms with Gasteiger partial charge in [-0.15, -0.1) is 0 Å². The second kappa shape index (κ2) is 8.34. The zero-order valence-electron chi connectivity index (χ0n) is 18.4. The van der Waals surface area contributed by atoms with Gasteiger partial charge in [0, 0.05) is 18.7 Å². The molecule has 1 atom stereocenters. The molecule has 2 aliphatic rings. The predicted octanol–water partition coefficient (Wildman–Crippen LogP) is 2.33. The number of fused-ring (bicyclic) bond motifs is 1. The molecule has 0 spiro atoms. The van der Waals surface area contributed by atoms with E-state index in [0.29, 0.717) is 24.5 Å². The molecule has 174 valence electrons. The summed E-state index contributed by atoms with van der Waals surface area (Å²) in [4.78, 5) is 40.8. The molecule has 2 aromatic rings. The van der Waals surface area contributed by atoms with Crippen molar-refractivity contribution in [3.05, 3.63) is 58.7 Å². The standard InChI is InChI=1S/C23H23F2N3O5/c1-23(16-10-15(24)4-5-17(16)25)21(30)28(22(31)26-23)12-20(29)27-7-6-13-8-18(32-2)19(33-3)9-14(13)11-27/h4-5,8-10H,6-7,11-12H2,1-3H3,(H,26,31)/t23-/m1/s1. The van der Waals surface area contributed by atoms with E-state index in [1.165, 1.54) is 18.9 Å². The number of halogens is 2. The minimum absolute atomic E-state index is 0.272. The molecule has 4 rings (SSSR count). The molecule has 1 N–H and O–H groups in total. The molecule has 10 heteroatoms. The minimum Gasteiger partial charge on any atom is -0.493 e. The van der Waals surface area contributed by atoms with Crippen LogP contribution in [0.25, 0.3) is 0 Å². The van der Waals surface area contributed by atoms with Crippen LogP contribution in [0.4, 0.5) is 13.6 Å². The summed E-state index contributed by atoms with van der Waals surface area (Å²) in [7, 11) is 3.07. The van der Waals surface area contributed by atoms with E-state index in [1.54, 1.807) is 13.2 Å². The highest BCUT2D eigenvalue weighted by Gasteiger charge is 2.51. The van der Waals surface area contributed by atoms with Crippen LogP contribution in [0.15, 0.2) is 30.3 Å². The Balaban J connectivity index is 1.52. The van der Waals surface area contributed by atoms with Crippen LogP contribution in [0.5, 0.6) is 11.5 Å². The van der Waals surface area contributed by atoms with Crippen LogP contribution in [0.1, 0.15) is 23.6 Å². The second-order valence-corrected chi connectivity index (χ2v) is 8.11. The molecule has 1 fully saturated rings. The first-order chi connectivity index (χ1) is 15.7. The molecule has 0 aromatic heterocycles. The SMILES string of the molecule is COc1cc2c(cc1OC)CN(C(=O)CN1C(=O)N[C@](C)(c3cc(F)ccc3F)C1=O)CC2. The van der Waals surface area contributed by atoms with Gasteiger partial charge in [-0.25, -0.2) is 13.6 Å². The Morgan fingerprint density at radius 1 is 1.09 bits per heavy atom. The first-order valence-corrected chi connectivity index (χ1v) is 10.3. The number of urea groups is 1. The summed E-state index contributed by atoms with van der Waals surface area (Å²) < 4.78 is 38.6. The van der Waals surface area contributed by atoms with Gasteiger partial charge in [-0.1, -0.05) is 0 Å². The summed E-state index contributed by atoms with van der Waals surface area (Å²) in [5.74, 6) is -1.72. The van der Waals surface area contributed by atoms with Crippen molar-refractivity contribution < 1.29 is 32.6 Å². The number of hydrogen-bond acceptors (Lipinski definition) is 5. The third-order valence-corrected chi connectivity index (χ3v) is 6.11. The summed E-state index contributed by atoms with van der Waals surface area (Å²) in [5.41, 5.74) is -0.234. The maximum Gasteiger partial charge on any atom is 0.325 e. The molecule has 2 aromatic carbocycles. The lowest BCUT2D eigenvalue weighted by atomic mass is 9.91. The van der Waals surface area contributed by atoms with E-state index in [1.807, 2.05) is 6.07 Å². The number of ether oxygens (including phenoxy) is 2. The lowest BCUT2D eigenvalue weighted by molar-refractivity contribution is -0.139. The molecule has 0 saturated carbocycles. The van der Waals surface area contributed by atoms with Gasteiger partial charge in [0.25, 0.3) is 5.91 Å². The Morgan fingerprint density at radius 2 is 1.76 bits per heavy atom. The Kier molecular flexibility index (Phi) is 5.69. The lowest BCUT2D eigenvalue weighted by Gasteiger charge is -2.30. The Morgan fingerprint density at radius 3 is 2.42 bits per heavy atom. The van der Waals surface area contributed by atoms with Crippen molar-refractivity contribution in [1.82, 2.24) is 15.1 Å². The molecular weight excluding hydrogens is 436 g/mol. The molecule has 0 aliphatic carbocycles. The number of benzene rings is 2. The summed E-state index contributed by atoms with van der Waals surface area (Å²) in [6, 6.07) is 5.49. The number of methoxy groups -OCH3 is 2. The fraction of sp³-hybridized carbons (Fsp3) is 0.348. The van der Waals surface area contributed by atoms with E-state index in [2.05, 4.69) is 5.32 Å². The fourth-order valence-electron chi connectivity index (χ4n) is 4.24. The minimum atomic E-state index is -1.82. The van der Waals surface area contributed by atoms with Gasteiger partial charge in [0.05, 0.1) is 14.2 Å². The van der Waals surface area contributed by atoms with Gasteiger partial charge in [0.2, 0.25) is 5.91 Å². The molecule has 4 amide bonds. The van der Waals surface area contributed by atoms with Gasteiger partial charge in [0.1, 0.15) is 23.7 Å². The van der Waals surface area contributed by atoms with Crippen LogP contribution in [0.2, 0.25) is 0 Å². The van der Waals surface area contributed by atoms with Crippen molar-refractivity contribution >= 4 is 17.8 Å². The van der Waals surface area contributed by atoms with E-state index in [0.717, 1.165) is 34.2 Å². The van der Waals surface area contributed by atoms with Gasteiger partial charge in [-0.05, 0) is 54.8 Å². The molecule has 1 saturated heterocycles. The van der Waals surface area contributed by atoms with Crippen molar-refractivity contribution in [1.29, 1.82) is 0 Å². The quantitative estimate of drug-likeness (QED) is 0.694. The third kappa shape index (κ3) is 3.85. The van der Waals surface area contributed by atoms with Crippen LogP contribution in [0.3, 0.4) is 0 Å². The van der Waals surface area contributed by atoms with E-state index in [9.17, 15) is 23.2 Å². The van der Waals surface area contributed by atoms with E-state index in [4.69, 9.17) is 9.47 Å². The summed E-state index contributed by atoms with van der Waals surface area (Å²) in [6.45, 7) is 1.43. The summed E-state index contributed by atoms with van der Waals surface area (Å²) >= 11 is 0. The molecule has 33 heavy (non-hydrogen) atoms. The number of carbonyl (C=O) groups excluding carboxylic acids is 3. The molecular formula is C23H23F2N3O5. The second-order valence-electron chi connectivity index (χ2n) is 8.11. The lowest BCUT2D eigenvalue weighted by Crippen LogP contribution is -2.46. The monoisotopic (exact) mass is 459 g/mol. The molecule has 2 aliphatic heterocycles. The molecule has 0 radical (unpaired) electrons. The first-order valence-electron chi connectivity index (χ1n) is 10.3. The van der Waals surface area contributed by atoms with Crippen LogP contribution in [-0.4, -0.2) is 55.0 Å². The van der Waals surface area contributed by atoms with Crippen molar-refractivity contribution in [2.45, 2.75) is 25.4 Å². The molecule has 8 nitrogen and oxygen atoms in total. The number of amides is 4. The Bertz CT molecular complexity index is 1160. The highest BCUT2D eigenvalue weighted by molar-refractivity contribution is 6.09. The summed E-state index contributed by atoms with van der Waals surface area (Å²) in [5, 5.41) is 2.40. The average molecular weight is 459 g/mol. The van der Waals surface area contributed by atoms with Gasteiger partial charge < -0.3 is 19.7 Å². The van der Waals surface area contributed by atoms with E-state index < -0.39 is 41.6 Å². The zero-order valence-corrected chi connectivity index (χ0v) is 18.4. The number of hydrogen-bond donors (Lipinski definition) is 1. The number of nitrogens with one attached hydrogen (secondary N) is 1. The maximum atomic E-state index is 14.3. The highest BCUT2D eigenvalue weighted by Crippen LogP contribution is 2.34. The molecule has 2 heterocycles. The highest BCUT2D eigenvalue weighted by atomic mass is 19.1. The van der Waals surface area contributed by atoms with Crippen LogP contribution >= 0.6 is 0 Å². The smallest absolute Gasteiger partial charge is 0.325 e. The van der Waals surface area contributed by atoms with Gasteiger partial charge in [-0.3, -0.25) is 14.5 Å². The van der Waals surface area contributed by atoms with E-state index in [-0.39, 0.29) is 12.1 Å². The summed E-state index contributed by atoms with van der Waals surface area (Å²) in [6.07, 6.45) is 0.563. The number of carbonyl (C=O) groups is 3. The fourth-order valence-corrected chi connectivity index (χ4v) is 4.24. The van der Waals surface area contributed by atoms with Gasteiger partial charge in [0.15, 0.2) is 11.5 Å². The molecule has 0 bridgehead atoms. The van der Waals surface area contributed by atoms with Crippen LogP contribution in [-0.2, 0) is 28.1 Å². The van der Waals surface area contributed by atoms with Gasteiger partial charge in [-0.2, -0.15) is 0 Å². The largest absolute Gasteiger partial charge is 0.493 e. The third-order valence-electron chi connectivity index (χ3n) is 6.11. The number of imide groups is 1. The first kappa shape index (κ1) is 22.5. The maximum absolute atomic E-state index is 14.3. The van der Waals surface area contributed by atoms with Crippen molar-refractivity contribution in [2.24, 2.45) is 0 Å². The number of nitrogens with zero attached hydrogens (tertiary/aromatic N) is 2. The average Bonchev–Trinajstić information content (AvgIpc) is 3.02. The van der Waals surface area contributed by atoms with Crippen molar-refractivity contribution in [3.8, 4) is 11.5 Å².